The van der Waals surface area contributed by atoms with E-state index in [2.05, 4.69) is 30.6 Å². The Balaban J connectivity index is 2.18. The number of nitrogens with one attached hydrogen (secondary N) is 1. The van der Waals surface area contributed by atoms with Crippen LogP contribution in [0, 0.1) is 0 Å². The van der Waals surface area contributed by atoms with Gasteiger partial charge in [-0.25, -0.2) is 9.78 Å². The molecule has 0 fully saturated rings. The molecule has 1 aromatic carbocycles. The average molecular weight is 447 g/mol. The molecule has 2 heterocycles. The Morgan fingerprint density at radius 3 is 2.83 bits per heavy atom. The highest BCUT2D eigenvalue weighted by atomic mass is 79.9. The van der Waals surface area contributed by atoms with Crippen LogP contribution in [-0.2, 0) is 4.74 Å². The monoisotopic (exact) mass is 445 g/mol. The molecule has 9 heteroatoms. The van der Waals surface area contributed by atoms with Gasteiger partial charge in [0.05, 0.1) is 32.7 Å². The molecule has 0 aliphatic rings. The van der Waals surface area contributed by atoms with Crippen molar-refractivity contribution < 1.29 is 9.53 Å². The van der Waals surface area contributed by atoms with Crippen molar-refractivity contribution in [3.8, 4) is 21.8 Å². The summed E-state index contributed by atoms with van der Waals surface area (Å²) in [6.45, 7) is 0. The van der Waals surface area contributed by atoms with Crippen LogP contribution in [0.5, 0.6) is 0 Å². The van der Waals surface area contributed by atoms with Crippen LogP contribution >= 0.6 is 50.5 Å². The predicted octanol–water partition coefficient (Wildman–Crippen LogP) is 5.24. The first kappa shape index (κ1) is 17.3. The van der Waals surface area contributed by atoms with Crippen molar-refractivity contribution in [3.05, 3.63) is 43.9 Å². The van der Waals surface area contributed by atoms with Gasteiger partial charge in [-0.3, -0.25) is 0 Å². The summed E-state index contributed by atoms with van der Waals surface area (Å²) >= 11 is 17.1. The topological polar surface area (TPSA) is 81.0 Å². The Morgan fingerprint density at radius 1 is 1.42 bits per heavy atom. The molecule has 0 aliphatic carbocycles. The van der Waals surface area contributed by atoms with Gasteiger partial charge >= 0.3 is 5.97 Å². The molecule has 24 heavy (non-hydrogen) atoms. The maximum atomic E-state index is 11.6. The van der Waals surface area contributed by atoms with E-state index in [0.717, 1.165) is 19.8 Å². The van der Waals surface area contributed by atoms with Crippen LogP contribution in [0.2, 0.25) is 10.0 Å². The number of carbonyl (C=O) groups excluding carboxylic acids is 1. The van der Waals surface area contributed by atoms with Gasteiger partial charge in [-0.2, -0.15) is 0 Å². The van der Waals surface area contributed by atoms with Crippen molar-refractivity contribution in [2.24, 2.45) is 0 Å². The number of nitrogens with zero attached hydrogens (tertiary/aromatic N) is 1. The number of anilines is 1. The van der Waals surface area contributed by atoms with Gasteiger partial charge in [-0.15, -0.1) is 11.3 Å². The normalized spacial score (nSPS) is 10.8. The quantitative estimate of drug-likeness (QED) is 0.538. The molecule has 2 aromatic heterocycles. The number of methoxy groups -OCH3 is 1. The minimum absolute atomic E-state index is 0.253. The largest absolute Gasteiger partial charge is 0.464 e. The van der Waals surface area contributed by atoms with Gasteiger partial charge < -0.3 is 15.5 Å². The second-order valence-corrected chi connectivity index (χ2v) is 7.94. The third-order valence-corrected chi connectivity index (χ3v) is 5.76. The zero-order valence-corrected chi connectivity index (χ0v) is 16.1. The van der Waals surface area contributed by atoms with Crippen LogP contribution in [0.15, 0.2) is 28.2 Å². The van der Waals surface area contributed by atoms with Gasteiger partial charge in [0.25, 0.3) is 0 Å². The SMILES string of the molecule is COC(=O)c1cnc(-c2sc(Br)c(N)c2-c2ccc(Cl)cc2Cl)[nH]1. The van der Waals surface area contributed by atoms with Crippen molar-refractivity contribution in [1.29, 1.82) is 0 Å². The summed E-state index contributed by atoms with van der Waals surface area (Å²) in [6, 6.07) is 5.18. The van der Waals surface area contributed by atoms with Crippen LogP contribution in [0.1, 0.15) is 10.5 Å². The summed E-state index contributed by atoms with van der Waals surface area (Å²) in [7, 11) is 1.31. The molecule has 0 spiro atoms. The molecule has 0 bridgehead atoms. The van der Waals surface area contributed by atoms with E-state index in [9.17, 15) is 4.79 Å². The molecule has 124 valence electrons. The number of esters is 1. The van der Waals surface area contributed by atoms with Gasteiger partial charge in [0.2, 0.25) is 0 Å². The second-order valence-electron chi connectivity index (χ2n) is 4.75. The van der Waals surface area contributed by atoms with Gasteiger partial charge in [-0.1, -0.05) is 29.3 Å². The molecule has 0 saturated carbocycles. The number of aromatic nitrogens is 2. The number of thiophene rings is 1. The van der Waals surface area contributed by atoms with Gasteiger partial charge in [0.1, 0.15) is 11.5 Å². The fourth-order valence-corrected chi connectivity index (χ4v) is 4.29. The van der Waals surface area contributed by atoms with E-state index in [1.165, 1.54) is 24.6 Å². The van der Waals surface area contributed by atoms with Gasteiger partial charge in [-0.05, 0) is 28.1 Å². The smallest absolute Gasteiger partial charge is 0.356 e. The fraction of sp³-hybridized carbons (Fsp3) is 0.0667. The first-order chi connectivity index (χ1) is 11.4. The first-order valence-electron chi connectivity index (χ1n) is 6.59. The van der Waals surface area contributed by atoms with Crippen molar-refractivity contribution in [2.75, 3.05) is 12.8 Å². The van der Waals surface area contributed by atoms with E-state index in [0.29, 0.717) is 21.6 Å². The number of imidazole rings is 1. The van der Waals surface area contributed by atoms with Crippen LogP contribution in [0.25, 0.3) is 21.8 Å². The molecule has 5 nitrogen and oxygen atoms in total. The zero-order chi connectivity index (χ0) is 17.4. The van der Waals surface area contributed by atoms with Crippen LogP contribution in [0.4, 0.5) is 5.69 Å². The summed E-state index contributed by atoms with van der Waals surface area (Å²) < 4.78 is 5.43. The third kappa shape index (κ3) is 3.04. The van der Waals surface area contributed by atoms with Gasteiger partial charge in [0, 0.05) is 16.1 Å². The van der Waals surface area contributed by atoms with Crippen LogP contribution in [0.3, 0.4) is 0 Å². The second kappa shape index (κ2) is 6.76. The number of nitrogen functional groups attached to an aromatic ring is 1. The summed E-state index contributed by atoms with van der Waals surface area (Å²) in [6.07, 6.45) is 1.41. The lowest BCUT2D eigenvalue weighted by Crippen LogP contribution is -2.00. The number of ether oxygens (including phenoxy) is 1. The van der Waals surface area contributed by atoms with Crippen molar-refractivity contribution in [3.63, 3.8) is 0 Å². The minimum atomic E-state index is -0.497. The van der Waals surface area contributed by atoms with Gasteiger partial charge in [0.15, 0.2) is 0 Å². The zero-order valence-electron chi connectivity index (χ0n) is 12.2. The molecule has 3 N–H and O–H groups in total. The fourth-order valence-electron chi connectivity index (χ4n) is 2.19. The molecule has 3 rings (SSSR count). The molecule has 3 aromatic rings. The van der Waals surface area contributed by atoms with Crippen molar-refractivity contribution in [1.82, 2.24) is 9.97 Å². The lowest BCUT2D eigenvalue weighted by Gasteiger charge is -2.07. The molecular formula is C15H10BrCl2N3O2S. The molecule has 0 saturated heterocycles. The number of nitrogens with two attached hydrogens (primary N) is 1. The Morgan fingerprint density at radius 2 is 2.17 bits per heavy atom. The number of hydrogen-bond acceptors (Lipinski definition) is 5. The molecule has 0 aliphatic heterocycles. The number of H-pyrrole nitrogens is 1. The Kier molecular flexibility index (Phi) is 4.87. The maximum Gasteiger partial charge on any atom is 0.356 e. The highest BCUT2D eigenvalue weighted by Crippen LogP contribution is 2.48. The maximum absolute atomic E-state index is 11.6. The third-order valence-electron chi connectivity index (χ3n) is 3.30. The Bertz CT molecular complexity index is 939. The predicted molar refractivity (Wildman–Crippen MR) is 101 cm³/mol. The average Bonchev–Trinajstić information content (AvgIpc) is 3.14. The minimum Gasteiger partial charge on any atom is -0.464 e. The molecular weight excluding hydrogens is 437 g/mol. The summed E-state index contributed by atoms with van der Waals surface area (Å²) in [5, 5.41) is 1.00. The van der Waals surface area contributed by atoms with Crippen molar-refractivity contribution >= 4 is 62.1 Å². The van der Waals surface area contributed by atoms with E-state index < -0.39 is 5.97 Å². The highest BCUT2D eigenvalue weighted by molar-refractivity contribution is 9.11. The molecule has 0 unspecified atom stereocenters. The number of hydrogen-bond donors (Lipinski definition) is 2. The molecule has 0 amide bonds. The van der Waals surface area contributed by atoms with Crippen LogP contribution < -0.4 is 5.73 Å². The number of benzene rings is 1. The summed E-state index contributed by atoms with van der Waals surface area (Å²) in [5.74, 6) is 0.00207. The Hall–Kier alpha value is -1.54. The van der Waals surface area contributed by atoms with E-state index >= 15 is 0 Å². The number of rotatable bonds is 3. The summed E-state index contributed by atoms with van der Waals surface area (Å²) in [5.41, 5.74) is 8.45. The standard InChI is InChI=1S/C15H10BrCl2N3O2S/c1-23-15(22)9-5-20-14(21-9)12-10(11(19)13(16)24-12)7-3-2-6(17)4-8(7)18/h2-5H,19H2,1H3,(H,20,21). The lowest BCUT2D eigenvalue weighted by atomic mass is 10.0. The molecule has 0 atom stereocenters. The van der Waals surface area contributed by atoms with Crippen molar-refractivity contribution in [2.45, 2.75) is 0 Å². The summed E-state index contributed by atoms with van der Waals surface area (Å²) in [4.78, 5) is 19.6. The lowest BCUT2D eigenvalue weighted by molar-refractivity contribution is 0.0595. The Labute approximate surface area is 159 Å². The van der Waals surface area contributed by atoms with E-state index in [4.69, 9.17) is 28.9 Å². The number of halogens is 3. The first-order valence-corrected chi connectivity index (χ1v) is 8.95. The highest BCUT2D eigenvalue weighted by Gasteiger charge is 2.22. The van der Waals surface area contributed by atoms with E-state index in [1.54, 1.807) is 18.2 Å². The van der Waals surface area contributed by atoms with Crippen LogP contribution in [-0.4, -0.2) is 23.0 Å². The number of aromatic amines is 1. The molecule has 0 radical (unpaired) electrons. The van der Waals surface area contributed by atoms with E-state index in [-0.39, 0.29) is 5.69 Å². The number of carbonyl (C=O) groups is 1. The van der Waals surface area contributed by atoms with E-state index in [1.807, 2.05) is 0 Å².